The van der Waals surface area contributed by atoms with Crippen molar-refractivity contribution in [3.05, 3.63) is 54.5 Å². The van der Waals surface area contributed by atoms with E-state index in [4.69, 9.17) is 9.72 Å². The number of nitrogens with one attached hydrogen (secondary N) is 1. The topological polar surface area (TPSA) is 109 Å². The van der Waals surface area contributed by atoms with Crippen LogP contribution >= 0.6 is 0 Å². The van der Waals surface area contributed by atoms with Gasteiger partial charge in [-0.15, -0.1) is 0 Å². The lowest BCUT2D eigenvalue weighted by atomic mass is 9.74. The number of carbonyl (C=O) groups excluding carboxylic acids is 1. The van der Waals surface area contributed by atoms with E-state index in [9.17, 15) is 10.1 Å². The molecule has 3 aromatic rings. The first-order valence-corrected chi connectivity index (χ1v) is 14.4. The molecule has 1 aliphatic carbocycles. The van der Waals surface area contributed by atoms with E-state index < -0.39 is 0 Å². The molecule has 40 heavy (non-hydrogen) atoms. The van der Waals surface area contributed by atoms with Crippen LogP contribution in [0, 0.1) is 22.7 Å². The fourth-order valence-corrected chi connectivity index (χ4v) is 6.70. The van der Waals surface area contributed by atoms with Gasteiger partial charge >= 0.3 is 0 Å². The van der Waals surface area contributed by atoms with Gasteiger partial charge in [-0.05, 0) is 67.3 Å². The van der Waals surface area contributed by atoms with Gasteiger partial charge in [0.25, 0.3) is 5.91 Å². The molecule has 0 bridgehead atoms. The van der Waals surface area contributed by atoms with E-state index in [1.165, 1.54) is 12.8 Å². The molecular formula is C31H37N7O2. The van der Waals surface area contributed by atoms with Crippen LogP contribution in [0.15, 0.2) is 48.9 Å². The number of nitrogens with zero attached hydrogens (tertiary/aromatic N) is 6. The average Bonchev–Trinajstić information content (AvgIpc) is 3.77. The summed E-state index contributed by atoms with van der Waals surface area (Å²) in [5, 5.41) is 17.2. The van der Waals surface area contributed by atoms with Crippen LogP contribution in [0.2, 0.25) is 0 Å². The van der Waals surface area contributed by atoms with E-state index in [-0.39, 0.29) is 23.0 Å². The van der Waals surface area contributed by atoms with E-state index >= 15 is 0 Å². The number of amides is 1. The Hall–Kier alpha value is -3.77. The number of ether oxygens (including phenoxy) is 1. The molecule has 6 rings (SSSR count). The molecule has 1 aromatic carbocycles. The van der Waals surface area contributed by atoms with Crippen molar-refractivity contribution in [3.63, 3.8) is 0 Å². The predicted molar refractivity (Wildman–Crippen MR) is 152 cm³/mol. The number of nitriles is 1. The molecule has 208 valence electrons. The first-order chi connectivity index (χ1) is 19.4. The summed E-state index contributed by atoms with van der Waals surface area (Å²) in [7, 11) is 0. The largest absolute Gasteiger partial charge is 0.372 e. The van der Waals surface area contributed by atoms with Gasteiger partial charge in [-0.3, -0.25) is 9.48 Å². The molecule has 2 aliphatic heterocycles. The number of likely N-dealkylation sites (tertiary alicyclic amines) is 1. The first-order valence-electron chi connectivity index (χ1n) is 14.4. The van der Waals surface area contributed by atoms with Crippen LogP contribution in [0.1, 0.15) is 75.2 Å². The zero-order chi connectivity index (χ0) is 27.7. The normalized spacial score (nSPS) is 23.0. The maximum Gasteiger partial charge on any atom is 0.253 e. The van der Waals surface area contributed by atoms with Crippen molar-refractivity contribution in [1.29, 1.82) is 5.26 Å². The highest BCUT2D eigenvalue weighted by Crippen LogP contribution is 2.48. The smallest absolute Gasteiger partial charge is 0.253 e. The van der Waals surface area contributed by atoms with Gasteiger partial charge in [0, 0.05) is 42.4 Å². The van der Waals surface area contributed by atoms with Gasteiger partial charge in [0.2, 0.25) is 5.95 Å². The van der Waals surface area contributed by atoms with Crippen molar-refractivity contribution in [2.24, 2.45) is 11.3 Å². The Kier molecular flexibility index (Phi) is 7.05. The molecule has 0 radical (unpaired) electrons. The molecular weight excluding hydrogens is 502 g/mol. The highest BCUT2D eigenvalue weighted by atomic mass is 16.5. The second-order valence-electron chi connectivity index (χ2n) is 12.1. The Balaban J connectivity index is 1.11. The first kappa shape index (κ1) is 26.5. The minimum absolute atomic E-state index is 0.0392. The fraction of sp³-hybridized carbons (Fsp3) is 0.516. The van der Waals surface area contributed by atoms with Gasteiger partial charge < -0.3 is 15.0 Å². The van der Waals surface area contributed by atoms with Crippen LogP contribution in [-0.2, 0) is 4.74 Å². The summed E-state index contributed by atoms with van der Waals surface area (Å²) in [5.41, 5.74) is 2.98. The standard InChI is InChI=1S/C31H37N7O2/c1-30(2)14-18-40-31(30)13-17-37(21-31)28(39)23-7-9-25(10-8-23)35-29-33-16-12-26(36-29)24-19-34-38(20-24)27(11-15-32)22-5-3-4-6-22/h7-10,12,16,19-20,22,27H,3-6,11,13-14,17-18,21H2,1-2H3,(H,33,35,36). The maximum atomic E-state index is 13.2. The Morgan fingerprint density at radius 3 is 2.73 bits per heavy atom. The highest BCUT2D eigenvalue weighted by Gasteiger charge is 2.54. The summed E-state index contributed by atoms with van der Waals surface area (Å²) < 4.78 is 8.12. The van der Waals surface area contributed by atoms with E-state index in [1.807, 2.05) is 52.3 Å². The lowest BCUT2D eigenvalue weighted by molar-refractivity contribution is -0.0398. The summed E-state index contributed by atoms with van der Waals surface area (Å²) in [4.78, 5) is 24.3. The molecule has 1 amide bonds. The number of aromatic nitrogens is 4. The minimum atomic E-state index is -0.226. The minimum Gasteiger partial charge on any atom is -0.372 e. The van der Waals surface area contributed by atoms with Crippen LogP contribution < -0.4 is 5.32 Å². The lowest BCUT2D eigenvalue weighted by Gasteiger charge is -2.36. The third-order valence-electron chi connectivity index (χ3n) is 9.38. The predicted octanol–water partition coefficient (Wildman–Crippen LogP) is 5.76. The van der Waals surface area contributed by atoms with Crippen LogP contribution in [0.4, 0.5) is 11.6 Å². The van der Waals surface area contributed by atoms with Gasteiger partial charge in [0.1, 0.15) is 0 Å². The molecule has 1 spiro atoms. The van der Waals surface area contributed by atoms with Crippen LogP contribution in [0.25, 0.3) is 11.3 Å². The quantitative estimate of drug-likeness (QED) is 0.407. The third-order valence-corrected chi connectivity index (χ3v) is 9.38. The fourth-order valence-electron chi connectivity index (χ4n) is 6.70. The maximum absolute atomic E-state index is 13.2. The summed E-state index contributed by atoms with van der Waals surface area (Å²) in [6, 6.07) is 11.8. The van der Waals surface area contributed by atoms with Gasteiger partial charge in [-0.2, -0.15) is 10.4 Å². The summed E-state index contributed by atoms with van der Waals surface area (Å²) >= 11 is 0. The zero-order valence-corrected chi connectivity index (χ0v) is 23.3. The Labute approximate surface area is 235 Å². The molecule has 4 heterocycles. The molecule has 2 aromatic heterocycles. The van der Waals surface area contributed by atoms with Gasteiger partial charge in [-0.25, -0.2) is 9.97 Å². The van der Waals surface area contributed by atoms with Gasteiger partial charge in [0.05, 0.1) is 42.6 Å². The van der Waals surface area contributed by atoms with Crippen molar-refractivity contribution in [1.82, 2.24) is 24.6 Å². The number of hydrogen-bond acceptors (Lipinski definition) is 7. The van der Waals surface area contributed by atoms with Crippen molar-refractivity contribution < 1.29 is 9.53 Å². The molecule has 3 fully saturated rings. The van der Waals surface area contributed by atoms with Crippen molar-refractivity contribution in [2.75, 3.05) is 25.0 Å². The van der Waals surface area contributed by atoms with Crippen molar-refractivity contribution in [2.45, 2.75) is 70.4 Å². The summed E-state index contributed by atoms with van der Waals surface area (Å²) in [6.07, 6.45) is 12.7. The Morgan fingerprint density at radius 2 is 2.00 bits per heavy atom. The molecule has 2 saturated heterocycles. The molecule has 2 atom stereocenters. The number of carbonyl (C=O) groups is 1. The average molecular weight is 540 g/mol. The number of anilines is 2. The molecule has 2 unspecified atom stereocenters. The zero-order valence-electron chi connectivity index (χ0n) is 23.3. The van der Waals surface area contributed by atoms with Crippen molar-refractivity contribution in [3.8, 4) is 17.3 Å². The summed E-state index contributed by atoms with van der Waals surface area (Å²) in [5.74, 6) is 1.01. The monoisotopic (exact) mass is 539 g/mol. The molecule has 1 N–H and O–H groups in total. The van der Waals surface area contributed by atoms with E-state index in [1.54, 1.807) is 6.20 Å². The van der Waals surface area contributed by atoms with E-state index in [0.29, 0.717) is 30.4 Å². The number of hydrogen-bond donors (Lipinski definition) is 1. The second kappa shape index (κ2) is 10.7. The lowest BCUT2D eigenvalue weighted by Crippen LogP contribution is -2.45. The van der Waals surface area contributed by atoms with E-state index in [2.05, 4.69) is 35.3 Å². The van der Waals surface area contributed by atoms with Crippen molar-refractivity contribution >= 4 is 17.5 Å². The van der Waals surface area contributed by atoms with E-state index in [0.717, 1.165) is 55.8 Å². The Morgan fingerprint density at radius 1 is 1.20 bits per heavy atom. The molecule has 9 nitrogen and oxygen atoms in total. The molecule has 1 saturated carbocycles. The SMILES string of the molecule is CC1(C)CCOC12CCN(C(=O)c1ccc(Nc3nccc(-c4cnn(C(CC#N)C5CCCC5)c4)n3)cc1)C2. The third kappa shape index (κ3) is 4.97. The Bertz CT molecular complexity index is 1400. The van der Waals surface area contributed by atoms with Crippen LogP contribution in [-0.4, -0.2) is 55.9 Å². The highest BCUT2D eigenvalue weighted by molar-refractivity contribution is 5.95. The van der Waals surface area contributed by atoms with Gasteiger partial charge in [-0.1, -0.05) is 26.7 Å². The molecule has 9 heteroatoms. The number of benzene rings is 1. The van der Waals surface area contributed by atoms with Crippen LogP contribution in [0.3, 0.4) is 0 Å². The second-order valence-corrected chi connectivity index (χ2v) is 12.1. The summed E-state index contributed by atoms with van der Waals surface area (Å²) in [6.45, 7) is 6.63. The van der Waals surface area contributed by atoms with Crippen LogP contribution in [0.5, 0.6) is 0 Å². The van der Waals surface area contributed by atoms with Gasteiger partial charge in [0.15, 0.2) is 0 Å². The number of rotatable bonds is 7. The molecule has 3 aliphatic rings.